The Morgan fingerprint density at radius 2 is 2.05 bits per heavy atom. The molecule has 0 bridgehead atoms. The van der Waals surface area contributed by atoms with Crippen molar-refractivity contribution >= 4 is 17.5 Å². The molecule has 2 aromatic carbocycles. The van der Waals surface area contributed by atoms with Gasteiger partial charge in [0.2, 0.25) is 5.91 Å². The maximum atomic E-state index is 11.1. The van der Waals surface area contributed by atoms with Crippen molar-refractivity contribution in [3.8, 4) is 5.75 Å². The third-order valence-corrected chi connectivity index (χ3v) is 3.00. The number of hydrogen-bond donors (Lipinski definition) is 1. The number of rotatable bonds is 4. The molecule has 0 atom stereocenters. The molecule has 0 fully saturated rings. The fourth-order valence-corrected chi connectivity index (χ4v) is 1.87. The zero-order valence-electron chi connectivity index (χ0n) is 10.5. The van der Waals surface area contributed by atoms with Crippen molar-refractivity contribution in [3.05, 3.63) is 64.2 Å². The Hall–Kier alpha value is -2.00. The highest BCUT2D eigenvalue weighted by atomic mass is 35.5. The van der Waals surface area contributed by atoms with Gasteiger partial charge in [0.15, 0.2) is 0 Å². The summed E-state index contributed by atoms with van der Waals surface area (Å²) >= 11 is 6.05. The van der Waals surface area contributed by atoms with E-state index in [2.05, 4.69) is 0 Å². The van der Waals surface area contributed by atoms with Crippen LogP contribution in [0.3, 0.4) is 0 Å². The van der Waals surface area contributed by atoms with Gasteiger partial charge in [-0.1, -0.05) is 29.8 Å². The van der Waals surface area contributed by atoms with Crippen LogP contribution in [0.2, 0.25) is 5.02 Å². The van der Waals surface area contributed by atoms with Crippen molar-refractivity contribution in [1.29, 1.82) is 0 Å². The van der Waals surface area contributed by atoms with Gasteiger partial charge in [-0.25, -0.2) is 0 Å². The Bertz CT molecular complexity index is 611. The van der Waals surface area contributed by atoms with Crippen molar-refractivity contribution in [2.75, 3.05) is 0 Å². The molecule has 0 radical (unpaired) electrons. The molecule has 2 N–H and O–H groups in total. The molecule has 0 heterocycles. The van der Waals surface area contributed by atoms with Crippen LogP contribution in [0, 0.1) is 6.92 Å². The van der Waals surface area contributed by atoms with E-state index >= 15 is 0 Å². The van der Waals surface area contributed by atoms with E-state index in [9.17, 15) is 4.79 Å². The van der Waals surface area contributed by atoms with E-state index < -0.39 is 5.91 Å². The van der Waals surface area contributed by atoms with Crippen LogP contribution in [-0.4, -0.2) is 5.91 Å². The average Bonchev–Trinajstić information content (AvgIpc) is 2.40. The maximum Gasteiger partial charge on any atom is 0.248 e. The normalized spacial score (nSPS) is 10.2. The number of amides is 1. The second-order valence-electron chi connectivity index (χ2n) is 4.29. The summed E-state index contributed by atoms with van der Waals surface area (Å²) in [5, 5.41) is 0.566. The number of nitrogens with two attached hydrogens (primary N) is 1. The van der Waals surface area contributed by atoms with Crippen LogP contribution >= 0.6 is 11.6 Å². The smallest absolute Gasteiger partial charge is 0.248 e. The van der Waals surface area contributed by atoms with Gasteiger partial charge in [0.1, 0.15) is 12.4 Å². The summed E-state index contributed by atoms with van der Waals surface area (Å²) in [7, 11) is 0. The molecule has 1 amide bonds. The summed E-state index contributed by atoms with van der Waals surface area (Å²) in [4.78, 5) is 11.1. The fraction of sp³-hybridized carbons (Fsp3) is 0.133. The number of carbonyl (C=O) groups excluding carboxylic acids is 1. The summed E-state index contributed by atoms with van der Waals surface area (Å²) in [5.41, 5.74) is 7.65. The Morgan fingerprint density at radius 3 is 2.79 bits per heavy atom. The van der Waals surface area contributed by atoms with E-state index in [-0.39, 0.29) is 0 Å². The molecule has 98 valence electrons. The van der Waals surface area contributed by atoms with Gasteiger partial charge in [0.05, 0.1) is 5.02 Å². The number of primary amides is 1. The van der Waals surface area contributed by atoms with Crippen LogP contribution in [0.15, 0.2) is 42.5 Å². The predicted molar refractivity (Wildman–Crippen MR) is 75.5 cm³/mol. The van der Waals surface area contributed by atoms with Crippen molar-refractivity contribution in [1.82, 2.24) is 0 Å². The zero-order valence-corrected chi connectivity index (χ0v) is 11.3. The van der Waals surface area contributed by atoms with E-state index in [1.165, 1.54) is 0 Å². The molecule has 0 aliphatic rings. The van der Waals surface area contributed by atoms with Gasteiger partial charge in [0.25, 0.3) is 0 Å². The number of hydrogen-bond acceptors (Lipinski definition) is 2. The number of benzene rings is 2. The first-order chi connectivity index (χ1) is 9.06. The van der Waals surface area contributed by atoms with Crippen molar-refractivity contribution in [2.24, 2.45) is 5.73 Å². The Morgan fingerprint density at radius 1 is 1.26 bits per heavy atom. The molecule has 4 heteroatoms. The molecule has 0 aliphatic carbocycles. The molecule has 0 unspecified atom stereocenters. The van der Waals surface area contributed by atoms with Gasteiger partial charge >= 0.3 is 0 Å². The molecule has 2 rings (SSSR count). The van der Waals surface area contributed by atoms with Gasteiger partial charge in [-0.3, -0.25) is 4.79 Å². The van der Waals surface area contributed by atoms with E-state index in [1.54, 1.807) is 24.3 Å². The number of carbonyl (C=O) groups is 1. The highest BCUT2D eigenvalue weighted by molar-refractivity contribution is 6.32. The lowest BCUT2D eigenvalue weighted by molar-refractivity contribution is 0.1000. The summed E-state index contributed by atoms with van der Waals surface area (Å²) < 4.78 is 5.65. The zero-order chi connectivity index (χ0) is 13.8. The lowest BCUT2D eigenvalue weighted by Gasteiger charge is -2.09. The maximum absolute atomic E-state index is 11.1. The summed E-state index contributed by atoms with van der Waals surface area (Å²) in [6.45, 7) is 2.31. The molecule has 0 saturated carbocycles. The Labute approximate surface area is 117 Å². The lowest BCUT2D eigenvalue weighted by Crippen LogP contribution is -2.11. The molecule has 0 saturated heterocycles. The molecule has 0 spiro atoms. The first kappa shape index (κ1) is 13.4. The third kappa shape index (κ3) is 3.48. The van der Waals surface area contributed by atoms with Crippen LogP contribution in [0.25, 0.3) is 0 Å². The number of aryl methyl sites for hydroxylation is 1. The molecular weight excluding hydrogens is 262 g/mol. The monoisotopic (exact) mass is 275 g/mol. The number of halogens is 1. The van der Waals surface area contributed by atoms with Crippen LogP contribution in [0.4, 0.5) is 0 Å². The molecule has 0 aliphatic heterocycles. The van der Waals surface area contributed by atoms with Gasteiger partial charge in [-0.2, -0.15) is 0 Å². The van der Waals surface area contributed by atoms with Crippen LogP contribution < -0.4 is 10.5 Å². The second-order valence-corrected chi connectivity index (χ2v) is 4.69. The van der Waals surface area contributed by atoms with Crippen molar-refractivity contribution < 1.29 is 9.53 Å². The highest BCUT2D eigenvalue weighted by Crippen LogP contribution is 2.26. The van der Waals surface area contributed by atoms with Crippen LogP contribution in [0.5, 0.6) is 5.75 Å². The minimum atomic E-state index is -0.449. The lowest BCUT2D eigenvalue weighted by atomic mass is 10.1. The van der Waals surface area contributed by atoms with Crippen molar-refractivity contribution in [2.45, 2.75) is 13.5 Å². The van der Waals surface area contributed by atoms with Gasteiger partial charge in [-0.15, -0.1) is 0 Å². The summed E-state index contributed by atoms with van der Waals surface area (Å²) in [5.74, 6) is 0.182. The van der Waals surface area contributed by atoms with E-state index in [0.29, 0.717) is 22.9 Å². The van der Waals surface area contributed by atoms with Crippen LogP contribution in [-0.2, 0) is 6.61 Å². The summed E-state index contributed by atoms with van der Waals surface area (Å²) in [6.07, 6.45) is 0. The van der Waals surface area contributed by atoms with Crippen LogP contribution in [0.1, 0.15) is 21.5 Å². The van der Waals surface area contributed by atoms with E-state index in [1.807, 2.05) is 25.1 Å². The third-order valence-electron chi connectivity index (χ3n) is 2.69. The quantitative estimate of drug-likeness (QED) is 0.930. The van der Waals surface area contributed by atoms with Gasteiger partial charge in [0, 0.05) is 5.56 Å². The minimum Gasteiger partial charge on any atom is -0.487 e. The standard InChI is InChI=1S/C15H14ClNO2/c1-10-5-6-13(16)14(7-10)19-9-11-3-2-4-12(8-11)15(17)18/h2-8H,9H2,1H3,(H2,17,18). The van der Waals surface area contributed by atoms with Crippen molar-refractivity contribution in [3.63, 3.8) is 0 Å². The molecular formula is C15H14ClNO2. The first-order valence-electron chi connectivity index (χ1n) is 5.84. The number of ether oxygens (including phenoxy) is 1. The Balaban J connectivity index is 2.12. The molecule has 3 nitrogen and oxygen atoms in total. The topological polar surface area (TPSA) is 52.3 Å². The molecule has 19 heavy (non-hydrogen) atoms. The minimum absolute atomic E-state index is 0.338. The largest absolute Gasteiger partial charge is 0.487 e. The SMILES string of the molecule is Cc1ccc(Cl)c(OCc2cccc(C(N)=O)c2)c1. The molecule has 0 aromatic heterocycles. The highest BCUT2D eigenvalue weighted by Gasteiger charge is 2.04. The predicted octanol–water partition coefficient (Wildman–Crippen LogP) is 3.33. The average molecular weight is 276 g/mol. The molecule has 2 aromatic rings. The summed E-state index contributed by atoms with van der Waals surface area (Å²) in [6, 6.07) is 12.6. The Kier molecular flexibility index (Phi) is 4.07. The fourth-order valence-electron chi connectivity index (χ4n) is 1.70. The van der Waals surface area contributed by atoms with E-state index in [4.69, 9.17) is 22.1 Å². The van der Waals surface area contributed by atoms with Gasteiger partial charge in [-0.05, 0) is 42.3 Å². The van der Waals surface area contributed by atoms with E-state index in [0.717, 1.165) is 11.1 Å². The first-order valence-corrected chi connectivity index (χ1v) is 6.22. The second kappa shape index (κ2) is 5.76. The van der Waals surface area contributed by atoms with Gasteiger partial charge < -0.3 is 10.5 Å².